The number of hydrogen-bond donors (Lipinski definition) is 4. The largest absolute Gasteiger partial charge is 0.494 e. The van der Waals surface area contributed by atoms with Gasteiger partial charge in [0.2, 0.25) is 17.8 Å². The second-order valence-corrected chi connectivity index (χ2v) is 15.0. The molecule has 0 radical (unpaired) electrons. The summed E-state index contributed by atoms with van der Waals surface area (Å²) in [6.07, 6.45) is 9.66. The van der Waals surface area contributed by atoms with Crippen LogP contribution in [0.4, 0.5) is 22.1 Å². The van der Waals surface area contributed by atoms with E-state index in [1.807, 2.05) is 39.8 Å². The number of aromatic nitrogens is 4. The van der Waals surface area contributed by atoms with Gasteiger partial charge in [-0.25, -0.2) is 9.78 Å². The van der Waals surface area contributed by atoms with Crippen molar-refractivity contribution >= 4 is 52.2 Å². The number of benzene rings is 2. The van der Waals surface area contributed by atoms with Crippen molar-refractivity contribution < 1.29 is 33.4 Å². The molecule has 314 valence electrons. The number of fused-ring (bicyclic) bond motifs is 1. The van der Waals surface area contributed by atoms with Crippen LogP contribution in [0.3, 0.4) is 0 Å². The molecule has 1 aliphatic heterocycles. The van der Waals surface area contributed by atoms with Gasteiger partial charge in [-0.3, -0.25) is 24.4 Å². The first-order chi connectivity index (χ1) is 28.1. The monoisotopic (exact) mass is 812 g/mol. The van der Waals surface area contributed by atoms with E-state index in [1.54, 1.807) is 39.3 Å². The number of primary amides is 2. The molecule has 0 saturated carbocycles. The lowest BCUT2D eigenvalue weighted by Gasteiger charge is -2.33. The van der Waals surface area contributed by atoms with Crippen molar-refractivity contribution in [3.63, 3.8) is 0 Å². The summed E-state index contributed by atoms with van der Waals surface area (Å²) in [6.45, 7) is 11.5. The minimum absolute atomic E-state index is 0.0589. The number of amides is 4. The molecule has 18 heteroatoms. The zero-order valence-corrected chi connectivity index (χ0v) is 34.2. The number of nitrogens with zero attached hydrogens (tertiary/aromatic N) is 6. The summed E-state index contributed by atoms with van der Waals surface area (Å²) < 4.78 is 20.4. The lowest BCUT2D eigenvalue weighted by atomic mass is 9.93. The standard InChI is InChI=1S/C41H52N10O8/c1-7-51-31(20-25(2)47-51)38(54)46-39-45-30-22-28(37(43)53)24-33(57-6)35(30)50(39)16-10-9-15-44-34-29(48-56)21-27(36(42)52)23-32(34)58-19-11-8-12-26-13-17-49(18-14-26)40(55)59-41(3,4)5/h8-11,20-24,26,44H,7,12-19H2,1-6H3,(H2,42,52)(H2,43,53)(H,45,46,54)/b10-9+,11-8+. The summed E-state index contributed by atoms with van der Waals surface area (Å²) in [4.78, 5) is 68.4. The number of aryl methyl sites for hydroxylation is 2. The van der Waals surface area contributed by atoms with E-state index in [0.717, 1.165) is 19.3 Å². The maximum absolute atomic E-state index is 13.5. The predicted molar refractivity (Wildman–Crippen MR) is 223 cm³/mol. The summed E-state index contributed by atoms with van der Waals surface area (Å²) in [6, 6.07) is 7.45. The molecule has 5 rings (SSSR count). The summed E-state index contributed by atoms with van der Waals surface area (Å²) in [5.41, 5.74) is 12.9. The Hall–Kier alpha value is -6.72. The van der Waals surface area contributed by atoms with Crippen LogP contribution in [0.25, 0.3) is 11.0 Å². The molecule has 1 aliphatic rings. The SMILES string of the molecule is CCn1nc(C)cc1C(=O)Nc1nc2cc(C(N)=O)cc(OC)c2n1C/C=C/CNc1c(N=O)cc(C(N)=O)cc1OC/C=C/CC1CCN(C(=O)OC(C)(C)C)CC1. The molecule has 6 N–H and O–H groups in total. The van der Waals surface area contributed by atoms with E-state index >= 15 is 0 Å². The van der Waals surface area contributed by atoms with E-state index < -0.39 is 23.3 Å². The van der Waals surface area contributed by atoms with E-state index in [9.17, 15) is 24.1 Å². The van der Waals surface area contributed by atoms with Gasteiger partial charge < -0.3 is 40.5 Å². The lowest BCUT2D eigenvalue weighted by Crippen LogP contribution is -2.41. The second kappa shape index (κ2) is 19.1. The molecule has 18 nitrogen and oxygen atoms in total. The number of allylic oxidation sites excluding steroid dienone is 2. The number of ether oxygens (including phenoxy) is 3. The molecule has 0 aliphatic carbocycles. The number of carbonyl (C=O) groups excluding carboxylic acids is 4. The van der Waals surface area contributed by atoms with Crippen molar-refractivity contribution in [2.45, 2.75) is 72.6 Å². The van der Waals surface area contributed by atoms with Gasteiger partial charge in [-0.2, -0.15) is 5.10 Å². The lowest BCUT2D eigenvalue weighted by molar-refractivity contribution is 0.0184. The fourth-order valence-electron chi connectivity index (χ4n) is 6.64. The third kappa shape index (κ3) is 11.0. The number of likely N-dealkylation sites (tertiary alicyclic amines) is 1. The summed E-state index contributed by atoms with van der Waals surface area (Å²) in [5.74, 6) is -0.728. The Morgan fingerprint density at radius 2 is 1.66 bits per heavy atom. The smallest absolute Gasteiger partial charge is 0.410 e. The van der Waals surface area contributed by atoms with Crippen LogP contribution in [0.1, 0.15) is 83.9 Å². The fourth-order valence-corrected chi connectivity index (χ4v) is 6.64. The van der Waals surface area contributed by atoms with E-state index in [2.05, 4.69) is 25.9 Å². The molecule has 0 atom stereocenters. The van der Waals surface area contributed by atoms with Crippen molar-refractivity contribution in [1.29, 1.82) is 0 Å². The molecule has 2 aromatic heterocycles. The second-order valence-electron chi connectivity index (χ2n) is 15.0. The van der Waals surface area contributed by atoms with Gasteiger partial charge in [0.1, 0.15) is 46.3 Å². The van der Waals surface area contributed by atoms with Crippen molar-refractivity contribution in [2.75, 3.05) is 44.0 Å². The van der Waals surface area contributed by atoms with Gasteiger partial charge in [-0.05, 0) is 95.3 Å². The van der Waals surface area contributed by atoms with Gasteiger partial charge in [0, 0.05) is 43.9 Å². The summed E-state index contributed by atoms with van der Waals surface area (Å²) in [7, 11) is 1.45. The zero-order valence-electron chi connectivity index (χ0n) is 34.2. The number of nitrogens with one attached hydrogen (secondary N) is 2. The Bertz CT molecular complexity index is 2260. The normalized spacial score (nSPS) is 13.6. The first kappa shape index (κ1) is 43.4. The maximum Gasteiger partial charge on any atom is 0.410 e. The molecule has 4 amide bonds. The molecule has 0 unspecified atom stereocenters. The number of carbonyl (C=O) groups is 4. The molecule has 4 aromatic rings. The highest BCUT2D eigenvalue weighted by molar-refractivity contribution is 6.04. The van der Waals surface area contributed by atoms with Gasteiger partial charge in [-0.15, -0.1) is 4.91 Å². The molecule has 3 heterocycles. The molecule has 1 fully saturated rings. The average Bonchev–Trinajstić information content (AvgIpc) is 3.75. The van der Waals surface area contributed by atoms with Gasteiger partial charge >= 0.3 is 6.09 Å². The topological polar surface area (TPSA) is 240 Å². The minimum Gasteiger partial charge on any atom is -0.494 e. The predicted octanol–water partition coefficient (Wildman–Crippen LogP) is 6.06. The maximum atomic E-state index is 13.5. The van der Waals surface area contributed by atoms with Crippen molar-refractivity contribution in [3.05, 3.63) is 82.1 Å². The van der Waals surface area contributed by atoms with Crippen LogP contribution < -0.4 is 31.6 Å². The Labute approximate surface area is 341 Å². The van der Waals surface area contributed by atoms with Gasteiger partial charge in [-0.1, -0.05) is 24.3 Å². The Kier molecular flexibility index (Phi) is 14.1. The highest BCUT2D eigenvalue weighted by Crippen LogP contribution is 2.37. The summed E-state index contributed by atoms with van der Waals surface area (Å²) in [5, 5.41) is 13.5. The number of nitroso groups, excluding NO2 is 1. The van der Waals surface area contributed by atoms with Crippen LogP contribution >= 0.6 is 0 Å². The van der Waals surface area contributed by atoms with Crippen LogP contribution in [-0.4, -0.2) is 87.0 Å². The van der Waals surface area contributed by atoms with Crippen molar-refractivity contribution in [3.8, 4) is 11.5 Å². The van der Waals surface area contributed by atoms with Crippen LogP contribution in [0, 0.1) is 17.7 Å². The Morgan fingerprint density at radius 3 is 2.31 bits per heavy atom. The minimum atomic E-state index is -0.748. The third-order valence-corrected chi connectivity index (χ3v) is 9.52. The molecular formula is C41H52N10O8. The number of hydrogen-bond acceptors (Lipinski definition) is 12. The van der Waals surface area contributed by atoms with Crippen LogP contribution in [0.2, 0.25) is 0 Å². The van der Waals surface area contributed by atoms with E-state index in [0.29, 0.717) is 53.7 Å². The first-order valence-corrected chi connectivity index (χ1v) is 19.3. The Balaban J connectivity index is 1.28. The average molecular weight is 813 g/mol. The number of piperidine rings is 1. The molecular weight excluding hydrogens is 761 g/mol. The van der Waals surface area contributed by atoms with E-state index in [-0.39, 0.29) is 60.0 Å². The zero-order chi connectivity index (χ0) is 42.9. The van der Waals surface area contributed by atoms with Gasteiger partial charge in [0.15, 0.2) is 0 Å². The van der Waals surface area contributed by atoms with Gasteiger partial charge in [0.05, 0.1) is 18.3 Å². The van der Waals surface area contributed by atoms with Crippen LogP contribution in [0.15, 0.2) is 59.8 Å². The van der Waals surface area contributed by atoms with Crippen molar-refractivity contribution in [1.82, 2.24) is 24.2 Å². The number of nitrogens with two attached hydrogens (primary N) is 2. The number of imidazole rings is 1. The number of rotatable bonds is 17. The molecule has 1 saturated heterocycles. The third-order valence-electron chi connectivity index (χ3n) is 9.52. The molecule has 59 heavy (non-hydrogen) atoms. The fraction of sp³-hybridized carbons (Fsp3) is 0.415. The van der Waals surface area contributed by atoms with Crippen LogP contribution in [-0.2, 0) is 17.8 Å². The quantitative estimate of drug-likeness (QED) is 0.0706. The van der Waals surface area contributed by atoms with Crippen LogP contribution in [0.5, 0.6) is 11.5 Å². The Morgan fingerprint density at radius 1 is 0.966 bits per heavy atom. The number of anilines is 2. The summed E-state index contributed by atoms with van der Waals surface area (Å²) >= 11 is 0. The van der Waals surface area contributed by atoms with Gasteiger partial charge in [0.25, 0.3) is 5.91 Å². The number of methoxy groups -OCH3 is 1. The first-order valence-electron chi connectivity index (χ1n) is 19.3. The molecule has 0 bridgehead atoms. The van der Waals surface area contributed by atoms with E-state index in [1.165, 1.54) is 31.4 Å². The van der Waals surface area contributed by atoms with Crippen molar-refractivity contribution in [2.24, 2.45) is 22.6 Å². The molecule has 0 spiro atoms. The molecule has 2 aromatic carbocycles. The highest BCUT2D eigenvalue weighted by atomic mass is 16.6. The van der Waals surface area contributed by atoms with E-state index in [4.69, 9.17) is 25.7 Å². The highest BCUT2D eigenvalue weighted by Gasteiger charge is 2.27.